The van der Waals surface area contributed by atoms with Gasteiger partial charge in [0.25, 0.3) is 45.9 Å². The molecule has 4 aromatic heterocycles. The number of unbranched alkanes of at least 4 members (excludes halogenated alkanes) is 5. The normalized spacial score (nSPS) is 11.4. The van der Waals surface area contributed by atoms with Gasteiger partial charge in [0.15, 0.2) is 0 Å². The third-order valence-corrected chi connectivity index (χ3v) is 12.8. The van der Waals surface area contributed by atoms with Crippen LogP contribution in [0.15, 0.2) is 92.0 Å². The fourth-order valence-electron chi connectivity index (χ4n) is 8.21. The summed E-state index contributed by atoms with van der Waals surface area (Å²) < 4.78 is 14.6. The first-order chi connectivity index (χ1) is 41.3. The van der Waals surface area contributed by atoms with Crippen molar-refractivity contribution >= 4 is 35.6 Å². The monoisotopic (exact) mass is 1200 g/mol. The molecule has 0 unspecified atom stereocenters. The average molecular weight is 1210 g/mol. The highest BCUT2D eigenvalue weighted by Crippen LogP contribution is 2.13. The summed E-state index contributed by atoms with van der Waals surface area (Å²) in [6, 6.07) is 15.1. The standard InChI is InChI=1S/C60H88N10O16/c1-8-12-39-82-67-46(23-18-27-50(67)71)55(76)61-32-22-37-65(57(78)48-25-20-29-52(73)69(48)84-41-14-10-3)35-16-17-36-66(58(79)49-26-21-30-53(74)70(49)85-42-15-11-4)38-31-45(54(75)62-33-43-81-44-34-63-59(80)86-60(5,6)7)64-56(77)47-24-19-28-51(72)68(47)83-40-13-9-2/h18-21,23-30,45H,8-17,22,31-44H2,1-7H3,(H,61,76)(H,62,75)(H,63,80)(H,64,77)/t45-/m0/s1. The molecule has 0 saturated carbocycles. The summed E-state index contributed by atoms with van der Waals surface area (Å²) in [5.41, 5.74) is -3.32. The van der Waals surface area contributed by atoms with E-state index in [1.54, 1.807) is 20.8 Å². The molecule has 26 nitrogen and oxygen atoms in total. The molecule has 0 aromatic carbocycles. The van der Waals surface area contributed by atoms with Gasteiger partial charge in [-0.3, -0.25) is 43.2 Å². The molecule has 0 radical (unpaired) electrons. The number of pyridine rings is 4. The highest BCUT2D eigenvalue weighted by molar-refractivity contribution is 5.96. The molecule has 26 heteroatoms. The molecule has 0 aliphatic heterocycles. The van der Waals surface area contributed by atoms with Crippen LogP contribution in [0.4, 0.5) is 4.79 Å². The molecule has 4 rings (SSSR count). The Kier molecular flexibility index (Phi) is 30.8. The second-order valence-electron chi connectivity index (χ2n) is 21.0. The molecule has 0 spiro atoms. The van der Waals surface area contributed by atoms with Crippen molar-refractivity contribution in [2.24, 2.45) is 0 Å². The van der Waals surface area contributed by atoms with E-state index < -0.39 is 69.5 Å². The van der Waals surface area contributed by atoms with E-state index in [1.165, 1.54) is 82.6 Å². The fraction of sp³-hybridized carbons (Fsp3) is 0.567. The molecule has 86 heavy (non-hydrogen) atoms. The number of hydrogen-bond acceptors (Lipinski definition) is 16. The van der Waals surface area contributed by atoms with Gasteiger partial charge < -0.3 is 59.9 Å². The Morgan fingerprint density at radius 1 is 0.453 bits per heavy atom. The Hall–Kier alpha value is -8.42. The maximum Gasteiger partial charge on any atom is 0.407 e. The lowest BCUT2D eigenvalue weighted by Crippen LogP contribution is -2.50. The molecule has 0 aliphatic carbocycles. The van der Waals surface area contributed by atoms with E-state index in [2.05, 4.69) is 21.3 Å². The molecular formula is C60H88N10O16. The van der Waals surface area contributed by atoms with Crippen LogP contribution in [-0.2, 0) is 14.3 Å². The highest BCUT2D eigenvalue weighted by atomic mass is 16.7. The third-order valence-electron chi connectivity index (χ3n) is 12.8. The van der Waals surface area contributed by atoms with Gasteiger partial charge in [-0.2, -0.15) is 0 Å². The number of nitrogens with zero attached hydrogens (tertiary/aromatic N) is 6. The number of carbonyl (C=O) groups excluding carboxylic acids is 6. The Morgan fingerprint density at radius 2 is 0.837 bits per heavy atom. The molecule has 4 N–H and O–H groups in total. The van der Waals surface area contributed by atoms with Crippen LogP contribution in [0.3, 0.4) is 0 Å². The van der Waals surface area contributed by atoms with Gasteiger partial charge in [-0.25, -0.2) is 4.79 Å². The molecule has 0 fully saturated rings. The van der Waals surface area contributed by atoms with Crippen molar-refractivity contribution in [1.29, 1.82) is 0 Å². The van der Waals surface area contributed by atoms with Crippen LogP contribution >= 0.6 is 0 Å². The van der Waals surface area contributed by atoms with Gasteiger partial charge in [0.1, 0.15) is 60.8 Å². The molecule has 1 atom stereocenters. The molecule has 0 saturated heterocycles. The maximum absolute atomic E-state index is 14.8. The van der Waals surface area contributed by atoms with Crippen LogP contribution in [0.1, 0.15) is 167 Å². The summed E-state index contributed by atoms with van der Waals surface area (Å²) in [5, 5.41) is 10.9. The Bertz CT molecular complexity index is 3040. The van der Waals surface area contributed by atoms with E-state index in [0.717, 1.165) is 44.6 Å². The molecule has 0 aliphatic rings. The van der Waals surface area contributed by atoms with Crippen LogP contribution in [-0.4, -0.2) is 161 Å². The van der Waals surface area contributed by atoms with Crippen LogP contribution in [0, 0.1) is 0 Å². The number of aromatic nitrogens is 4. The van der Waals surface area contributed by atoms with E-state index in [1.807, 2.05) is 27.7 Å². The van der Waals surface area contributed by atoms with Crippen LogP contribution in [0.5, 0.6) is 0 Å². The zero-order valence-electron chi connectivity index (χ0n) is 50.9. The van der Waals surface area contributed by atoms with Gasteiger partial charge in [-0.15, -0.1) is 18.9 Å². The van der Waals surface area contributed by atoms with E-state index >= 15 is 0 Å². The quantitative estimate of drug-likeness (QED) is 0.0465. The van der Waals surface area contributed by atoms with Gasteiger partial charge in [-0.05, 0) is 96.4 Å². The van der Waals surface area contributed by atoms with Gasteiger partial charge >= 0.3 is 6.09 Å². The van der Waals surface area contributed by atoms with E-state index in [-0.39, 0.29) is 134 Å². The molecule has 0 bridgehead atoms. The Morgan fingerprint density at radius 3 is 1.27 bits per heavy atom. The molecular weight excluding hydrogens is 1120 g/mol. The average Bonchev–Trinajstić information content (AvgIpc) is 2.55. The summed E-state index contributed by atoms with van der Waals surface area (Å²) in [6.45, 7) is 13.8. The van der Waals surface area contributed by atoms with E-state index in [0.29, 0.717) is 25.7 Å². The van der Waals surface area contributed by atoms with Crippen molar-refractivity contribution in [2.75, 3.05) is 85.5 Å². The first kappa shape index (κ1) is 70.1. The van der Waals surface area contributed by atoms with Crippen molar-refractivity contribution in [2.45, 2.75) is 137 Å². The van der Waals surface area contributed by atoms with Gasteiger partial charge in [0.2, 0.25) is 5.91 Å². The van der Waals surface area contributed by atoms with Crippen LogP contribution < -0.4 is 62.9 Å². The lowest BCUT2D eigenvalue weighted by atomic mass is 10.1. The molecule has 4 aromatic rings. The number of ether oxygens (including phenoxy) is 2. The number of nitrogens with one attached hydrogen (secondary N) is 4. The summed E-state index contributed by atoms with van der Waals surface area (Å²) in [5.74, 6) is -3.28. The van der Waals surface area contributed by atoms with Crippen molar-refractivity contribution in [1.82, 2.24) is 50.0 Å². The second-order valence-corrected chi connectivity index (χ2v) is 21.0. The molecule has 474 valence electrons. The largest absolute Gasteiger partial charge is 0.444 e. The smallest absolute Gasteiger partial charge is 0.407 e. The minimum absolute atomic E-state index is 0.00474. The highest BCUT2D eigenvalue weighted by Gasteiger charge is 2.28. The number of hydrogen-bond donors (Lipinski definition) is 4. The van der Waals surface area contributed by atoms with Crippen molar-refractivity contribution in [3.8, 4) is 0 Å². The zero-order chi connectivity index (χ0) is 62.9. The summed E-state index contributed by atoms with van der Waals surface area (Å²) in [6.07, 6.45) is 5.40. The van der Waals surface area contributed by atoms with Gasteiger partial charge in [-0.1, -0.05) is 77.6 Å². The Labute approximate surface area is 501 Å². The number of amides is 6. The number of carbonyl (C=O) groups is 6. The molecule has 4 heterocycles. The first-order valence-electron chi connectivity index (χ1n) is 29.8. The maximum atomic E-state index is 14.8. The van der Waals surface area contributed by atoms with Crippen molar-refractivity contribution in [3.05, 3.63) is 137 Å². The minimum atomic E-state index is -1.34. The summed E-state index contributed by atoms with van der Waals surface area (Å²) in [4.78, 5) is 161. The lowest BCUT2D eigenvalue weighted by Gasteiger charge is -2.28. The Balaban J connectivity index is 1.63. The zero-order valence-corrected chi connectivity index (χ0v) is 50.9. The predicted octanol–water partition coefficient (Wildman–Crippen LogP) is 3.28. The summed E-state index contributed by atoms with van der Waals surface area (Å²) >= 11 is 0. The van der Waals surface area contributed by atoms with Crippen LogP contribution in [0.2, 0.25) is 0 Å². The third kappa shape index (κ3) is 23.6. The SMILES string of the molecule is CCCCOn1c(C(=O)NCCCN(CCCCN(CC[C@H](NC(=O)c2cccc(=O)n2OCCCC)C(=O)NCCOCCNC(=O)OC(C)(C)C)C(=O)c2cccc(=O)n2OCCCC)C(=O)c2cccc(=O)n2OCCCC)cccc1=O. The van der Waals surface area contributed by atoms with Crippen LogP contribution in [0.25, 0.3) is 0 Å². The van der Waals surface area contributed by atoms with E-state index in [9.17, 15) is 47.9 Å². The second kappa shape index (κ2) is 37.8. The van der Waals surface area contributed by atoms with Crippen molar-refractivity contribution in [3.63, 3.8) is 0 Å². The first-order valence-corrected chi connectivity index (χ1v) is 29.8. The molecule has 6 amide bonds. The van der Waals surface area contributed by atoms with Gasteiger partial charge in [0, 0.05) is 70.1 Å². The number of alkyl carbamates (subject to hydrolysis) is 1. The number of rotatable bonds is 40. The topological polar surface area (TPSA) is 300 Å². The summed E-state index contributed by atoms with van der Waals surface area (Å²) in [7, 11) is 0. The lowest BCUT2D eigenvalue weighted by molar-refractivity contribution is -0.123. The minimum Gasteiger partial charge on any atom is -0.444 e. The van der Waals surface area contributed by atoms with E-state index in [4.69, 9.17) is 28.8 Å². The predicted molar refractivity (Wildman–Crippen MR) is 320 cm³/mol. The fourth-order valence-corrected chi connectivity index (χ4v) is 8.21. The van der Waals surface area contributed by atoms with Crippen molar-refractivity contribution < 1.29 is 57.6 Å². The van der Waals surface area contributed by atoms with Gasteiger partial charge in [0.05, 0.1) is 13.2 Å².